The van der Waals surface area contributed by atoms with E-state index in [1.807, 2.05) is 0 Å². The fourth-order valence-corrected chi connectivity index (χ4v) is 1.20. The highest BCUT2D eigenvalue weighted by atomic mass is 35.5. The van der Waals surface area contributed by atoms with Crippen LogP contribution < -0.4 is 11.1 Å². The van der Waals surface area contributed by atoms with Crippen molar-refractivity contribution in [1.29, 1.82) is 0 Å². The Morgan fingerprint density at radius 1 is 1.44 bits per heavy atom. The molecule has 4 nitrogen and oxygen atoms in total. The summed E-state index contributed by atoms with van der Waals surface area (Å²) in [4.78, 5) is 11.4. The van der Waals surface area contributed by atoms with Gasteiger partial charge in [-0.1, -0.05) is 0 Å². The predicted octanol–water partition coefficient (Wildman–Crippen LogP) is 2.23. The van der Waals surface area contributed by atoms with Crippen molar-refractivity contribution >= 4 is 18.3 Å². The van der Waals surface area contributed by atoms with Crippen molar-refractivity contribution < 1.29 is 22.4 Å². The van der Waals surface area contributed by atoms with Gasteiger partial charge in [0.1, 0.15) is 12.0 Å². The molecule has 0 fully saturated rings. The van der Waals surface area contributed by atoms with E-state index < -0.39 is 18.5 Å². The highest BCUT2D eigenvalue weighted by Gasteiger charge is 2.26. The number of hydrogen-bond donors (Lipinski definition) is 2. The third kappa shape index (κ3) is 5.92. The highest BCUT2D eigenvalue weighted by molar-refractivity contribution is 5.93. The maximum absolute atomic E-state index is 11.8. The highest BCUT2D eigenvalue weighted by Crippen LogP contribution is 2.20. The summed E-state index contributed by atoms with van der Waals surface area (Å²) in [5.41, 5.74) is 5.54. The van der Waals surface area contributed by atoms with Crippen molar-refractivity contribution in [3.63, 3.8) is 0 Å². The molecule has 0 aliphatic carbocycles. The van der Waals surface area contributed by atoms with Crippen LogP contribution >= 0.6 is 12.4 Å². The molecular formula is C10H14ClF3N2O2. The average Bonchev–Trinajstić information content (AvgIpc) is 2.71. The number of nitrogens with two attached hydrogens (primary N) is 1. The van der Waals surface area contributed by atoms with E-state index in [1.165, 1.54) is 12.3 Å². The van der Waals surface area contributed by atoms with Gasteiger partial charge in [0.2, 0.25) is 0 Å². The lowest BCUT2D eigenvalue weighted by Crippen LogP contribution is -2.25. The third-order valence-electron chi connectivity index (χ3n) is 2.04. The number of amides is 1. The number of hydrogen-bond acceptors (Lipinski definition) is 3. The Balaban J connectivity index is 0.00000289. The molecular weight excluding hydrogens is 273 g/mol. The van der Waals surface area contributed by atoms with E-state index in [9.17, 15) is 18.0 Å². The van der Waals surface area contributed by atoms with Gasteiger partial charge in [0.25, 0.3) is 5.91 Å². The number of carbonyl (C=O) groups excluding carboxylic acids is 1. The van der Waals surface area contributed by atoms with Gasteiger partial charge in [0.05, 0.1) is 12.1 Å². The first-order valence-electron chi connectivity index (χ1n) is 5.05. The van der Waals surface area contributed by atoms with Gasteiger partial charge in [-0.15, -0.1) is 12.4 Å². The Labute approximate surface area is 108 Å². The summed E-state index contributed by atoms with van der Waals surface area (Å²) in [6.07, 6.45) is -4.02. The van der Waals surface area contributed by atoms with E-state index in [-0.39, 0.29) is 37.5 Å². The molecule has 0 aromatic carbocycles. The largest absolute Gasteiger partial charge is 0.467 e. The fourth-order valence-electron chi connectivity index (χ4n) is 1.20. The molecule has 1 heterocycles. The number of alkyl halides is 3. The quantitative estimate of drug-likeness (QED) is 0.816. The van der Waals surface area contributed by atoms with Crippen LogP contribution in [0.15, 0.2) is 16.7 Å². The van der Waals surface area contributed by atoms with Crippen LogP contribution in [-0.2, 0) is 6.54 Å². The second-order valence-electron chi connectivity index (χ2n) is 3.48. The Hall–Kier alpha value is -1.21. The molecule has 3 N–H and O–H groups in total. The van der Waals surface area contributed by atoms with Crippen LogP contribution in [0.25, 0.3) is 0 Å². The summed E-state index contributed by atoms with van der Waals surface area (Å²) in [6.45, 7) is 0.142. The van der Waals surface area contributed by atoms with E-state index >= 15 is 0 Å². The Bertz CT molecular complexity index is 379. The maximum Gasteiger partial charge on any atom is 0.389 e. The number of halogens is 4. The van der Waals surface area contributed by atoms with Gasteiger partial charge in [-0.25, -0.2) is 0 Å². The lowest BCUT2D eigenvalue weighted by molar-refractivity contribution is -0.135. The Morgan fingerprint density at radius 2 is 2.11 bits per heavy atom. The Kier molecular flexibility index (Phi) is 6.79. The van der Waals surface area contributed by atoms with E-state index in [0.717, 1.165) is 0 Å². The van der Waals surface area contributed by atoms with E-state index in [4.69, 9.17) is 10.2 Å². The molecule has 0 bridgehead atoms. The topological polar surface area (TPSA) is 68.3 Å². The van der Waals surface area contributed by atoms with Gasteiger partial charge in [-0.05, 0) is 12.5 Å². The minimum atomic E-state index is -4.19. The number of carbonyl (C=O) groups is 1. The molecule has 0 spiro atoms. The second kappa shape index (κ2) is 7.27. The molecule has 0 saturated heterocycles. The first-order chi connectivity index (χ1) is 7.92. The zero-order chi connectivity index (χ0) is 12.9. The SMILES string of the molecule is Cl.NCc1cc(C(=O)NCCCC(F)(F)F)co1. The van der Waals surface area contributed by atoms with Crippen LogP contribution in [0.1, 0.15) is 29.0 Å². The molecule has 104 valence electrons. The monoisotopic (exact) mass is 286 g/mol. The zero-order valence-electron chi connectivity index (χ0n) is 9.42. The Morgan fingerprint density at radius 3 is 2.61 bits per heavy atom. The molecule has 0 unspecified atom stereocenters. The summed E-state index contributed by atoms with van der Waals surface area (Å²) in [5.74, 6) is -0.0129. The zero-order valence-corrected chi connectivity index (χ0v) is 10.2. The fraction of sp³-hybridized carbons (Fsp3) is 0.500. The van der Waals surface area contributed by atoms with Gasteiger partial charge < -0.3 is 15.5 Å². The van der Waals surface area contributed by atoms with E-state index in [1.54, 1.807) is 0 Å². The van der Waals surface area contributed by atoms with Gasteiger partial charge in [0, 0.05) is 13.0 Å². The molecule has 1 amide bonds. The molecule has 18 heavy (non-hydrogen) atoms. The summed E-state index contributed by atoms with van der Waals surface area (Å²) < 4.78 is 40.4. The average molecular weight is 287 g/mol. The lowest BCUT2D eigenvalue weighted by atomic mass is 10.2. The number of nitrogens with one attached hydrogen (secondary N) is 1. The number of rotatable bonds is 5. The van der Waals surface area contributed by atoms with Crippen molar-refractivity contribution in [2.24, 2.45) is 5.73 Å². The minimum absolute atomic E-state index is 0. The second-order valence-corrected chi connectivity index (χ2v) is 3.48. The van der Waals surface area contributed by atoms with Crippen LogP contribution in [0, 0.1) is 0 Å². The van der Waals surface area contributed by atoms with Gasteiger partial charge in [-0.3, -0.25) is 4.79 Å². The normalized spacial score (nSPS) is 10.9. The van der Waals surface area contributed by atoms with Crippen LogP contribution in [0.2, 0.25) is 0 Å². The molecule has 0 aliphatic rings. The van der Waals surface area contributed by atoms with Crippen molar-refractivity contribution in [3.05, 3.63) is 23.7 Å². The van der Waals surface area contributed by atoms with Gasteiger partial charge in [0.15, 0.2) is 0 Å². The molecule has 1 rings (SSSR count). The number of furan rings is 1. The first kappa shape index (κ1) is 16.8. The van der Waals surface area contributed by atoms with Crippen LogP contribution in [0.5, 0.6) is 0 Å². The summed E-state index contributed by atoms with van der Waals surface area (Å²) in [7, 11) is 0. The molecule has 1 aromatic heterocycles. The van der Waals surface area contributed by atoms with E-state index in [2.05, 4.69) is 5.32 Å². The van der Waals surface area contributed by atoms with Crippen molar-refractivity contribution in [2.75, 3.05) is 6.54 Å². The smallest absolute Gasteiger partial charge is 0.389 e. The molecule has 0 aliphatic heterocycles. The molecule has 1 aromatic rings. The van der Waals surface area contributed by atoms with Crippen LogP contribution in [0.3, 0.4) is 0 Å². The molecule has 0 radical (unpaired) electrons. The van der Waals surface area contributed by atoms with Gasteiger partial charge in [-0.2, -0.15) is 13.2 Å². The first-order valence-corrected chi connectivity index (χ1v) is 5.05. The van der Waals surface area contributed by atoms with Crippen LogP contribution in [0.4, 0.5) is 13.2 Å². The molecule has 0 atom stereocenters. The van der Waals surface area contributed by atoms with Crippen LogP contribution in [-0.4, -0.2) is 18.6 Å². The maximum atomic E-state index is 11.8. The van der Waals surface area contributed by atoms with Crippen molar-refractivity contribution in [2.45, 2.75) is 25.6 Å². The summed E-state index contributed by atoms with van der Waals surface area (Å²) in [5, 5.41) is 2.37. The van der Waals surface area contributed by atoms with Gasteiger partial charge >= 0.3 is 6.18 Å². The van der Waals surface area contributed by atoms with Crippen molar-refractivity contribution in [1.82, 2.24) is 5.32 Å². The third-order valence-corrected chi connectivity index (χ3v) is 2.04. The summed E-state index contributed by atoms with van der Waals surface area (Å²) >= 11 is 0. The minimum Gasteiger partial charge on any atom is -0.467 e. The standard InChI is InChI=1S/C10H13F3N2O2.ClH/c11-10(12,13)2-1-3-15-9(16)7-4-8(5-14)17-6-7;/h4,6H,1-3,5,14H2,(H,15,16);1H. The molecule has 0 saturated carbocycles. The summed E-state index contributed by atoms with van der Waals surface area (Å²) in [6, 6.07) is 1.46. The van der Waals surface area contributed by atoms with E-state index in [0.29, 0.717) is 5.76 Å². The molecule has 8 heteroatoms. The lowest BCUT2D eigenvalue weighted by Gasteiger charge is -2.06. The van der Waals surface area contributed by atoms with Crippen molar-refractivity contribution in [3.8, 4) is 0 Å². The predicted molar refractivity (Wildman–Crippen MR) is 61.5 cm³/mol.